The van der Waals surface area contributed by atoms with Crippen LogP contribution in [0.15, 0.2) is 28.7 Å². The molecule has 1 aromatic carbocycles. The van der Waals surface area contributed by atoms with Crippen molar-refractivity contribution in [3.05, 3.63) is 35.7 Å². The van der Waals surface area contributed by atoms with Crippen LogP contribution in [0.25, 0.3) is 0 Å². The predicted octanol–water partition coefficient (Wildman–Crippen LogP) is 2.18. The monoisotopic (exact) mass is 289 g/mol. The summed E-state index contributed by atoms with van der Waals surface area (Å²) in [7, 11) is 1.51. The number of carbonyl (C=O) groups excluding carboxylic acids is 1. The van der Waals surface area contributed by atoms with Crippen molar-refractivity contribution in [3.8, 4) is 5.75 Å². The number of ether oxygens (including phenoxy) is 2. The van der Waals surface area contributed by atoms with Gasteiger partial charge in [-0.15, -0.1) is 5.10 Å². The Morgan fingerprint density at radius 1 is 1.38 bits per heavy atom. The van der Waals surface area contributed by atoms with Crippen molar-refractivity contribution in [1.82, 2.24) is 10.2 Å². The number of aromatic nitrogens is 2. The average Bonchev–Trinajstić information content (AvgIpc) is 3.17. The lowest BCUT2D eigenvalue weighted by atomic mass is 10.2. The Morgan fingerprint density at radius 3 is 3.00 bits per heavy atom. The van der Waals surface area contributed by atoms with Crippen LogP contribution in [0.4, 0.5) is 6.01 Å². The maximum Gasteiger partial charge on any atom is 0.322 e. The lowest BCUT2D eigenvalue weighted by Gasteiger charge is -2.06. The van der Waals surface area contributed by atoms with Crippen molar-refractivity contribution >= 4 is 11.9 Å². The van der Waals surface area contributed by atoms with Gasteiger partial charge in [-0.05, 0) is 25.0 Å². The largest absolute Gasteiger partial charge is 0.496 e. The fourth-order valence-corrected chi connectivity index (χ4v) is 2.18. The number of hydrogen-bond acceptors (Lipinski definition) is 6. The van der Waals surface area contributed by atoms with Crippen LogP contribution in [0.5, 0.6) is 5.75 Å². The summed E-state index contributed by atoms with van der Waals surface area (Å²) in [6.45, 7) is 0.690. The maximum absolute atomic E-state index is 12.2. The second kappa shape index (κ2) is 5.92. The predicted molar refractivity (Wildman–Crippen MR) is 73.2 cm³/mol. The van der Waals surface area contributed by atoms with Crippen molar-refractivity contribution in [3.63, 3.8) is 0 Å². The second-order valence-electron chi connectivity index (χ2n) is 4.60. The highest BCUT2D eigenvalue weighted by Crippen LogP contribution is 2.28. The smallest absolute Gasteiger partial charge is 0.322 e. The highest BCUT2D eigenvalue weighted by molar-refractivity contribution is 6.05. The van der Waals surface area contributed by atoms with Crippen LogP contribution in [0.3, 0.4) is 0 Å². The quantitative estimate of drug-likeness (QED) is 0.928. The Labute approximate surface area is 121 Å². The summed E-state index contributed by atoms with van der Waals surface area (Å²) in [6.07, 6.45) is 1.65. The second-order valence-corrected chi connectivity index (χ2v) is 4.60. The Balaban J connectivity index is 1.72. The summed E-state index contributed by atoms with van der Waals surface area (Å²) in [6, 6.07) is 6.96. The first kappa shape index (κ1) is 13.6. The number of amides is 1. The summed E-state index contributed by atoms with van der Waals surface area (Å²) in [5.74, 6) is 0.506. The van der Waals surface area contributed by atoms with E-state index < -0.39 is 0 Å². The van der Waals surface area contributed by atoms with E-state index in [1.807, 2.05) is 0 Å². The highest BCUT2D eigenvalue weighted by Gasteiger charge is 2.24. The van der Waals surface area contributed by atoms with E-state index in [1.54, 1.807) is 24.3 Å². The molecule has 0 spiro atoms. The summed E-state index contributed by atoms with van der Waals surface area (Å²) in [4.78, 5) is 12.2. The zero-order valence-electron chi connectivity index (χ0n) is 11.5. The molecule has 2 aromatic rings. The minimum atomic E-state index is -0.366. The van der Waals surface area contributed by atoms with Gasteiger partial charge in [-0.25, -0.2) is 0 Å². The molecular formula is C14H15N3O4. The molecule has 1 fully saturated rings. The first-order valence-electron chi connectivity index (χ1n) is 6.67. The molecule has 1 unspecified atom stereocenters. The lowest BCUT2D eigenvalue weighted by molar-refractivity contribution is 0.0893. The van der Waals surface area contributed by atoms with Gasteiger partial charge in [0, 0.05) is 6.61 Å². The van der Waals surface area contributed by atoms with Gasteiger partial charge in [-0.2, -0.15) is 0 Å². The lowest BCUT2D eigenvalue weighted by Crippen LogP contribution is -2.13. The highest BCUT2D eigenvalue weighted by atomic mass is 16.5. The van der Waals surface area contributed by atoms with Gasteiger partial charge in [0.05, 0.1) is 12.7 Å². The number of nitrogens with zero attached hydrogens (tertiary/aromatic N) is 2. The summed E-state index contributed by atoms with van der Waals surface area (Å²) in [5.41, 5.74) is 0.400. The maximum atomic E-state index is 12.2. The summed E-state index contributed by atoms with van der Waals surface area (Å²) in [5, 5.41) is 10.3. The van der Waals surface area contributed by atoms with Crippen LogP contribution in [-0.4, -0.2) is 29.8 Å². The summed E-state index contributed by atoms with van der Waals surface area (Å²) >= 11 is 0. The number of carbonyl (C=O) groups is 1. The SMILES string of the molecule is COc1ccccc1C(=O)Nc1nnc(C2CCCO2)o1. The topological polar surface area (TPSA) is 86.5 Å². The standard InChI is InChI=1S/C14H15N3O4/c1-19-10-6-3-2-5-9(10)12(18)15-14-17-16-13(21-14)11-7-4-8-20-11/h2-3,5-6,11H,4,7-8H2,1H3,(H,15,17,18). The Bertz CT molecular complexity index is 635. The van der Waals surface area contributed by atoms with Crippen molar-refractivity contribution < 1.29 is 18.7 Å². The molecule has 1 aromatic heterocycles. The van der Waals surface area contributed by atoms with Crippen molar-refractivity contribution in [2.24, 2.45) is 0 Å². The summed E-state index contributed by atoms with van der Waals surface area (Å²) < 4.78 is 16.0. The molecule has 7 nitrogen and oxygen atoms in total. The molecule has 1 amide bonds. The third kappa shape index (κ3) is 2.87. The zero-order valence-corrected chi connectivity index (χ0v) is 11.5. The number of methoxy groups -OCH3 is 1. The van der Waals surface area contributed by atoms with Crippen LogP contribution in [0.1, 0.15) is 35.2 Å². The van der Waals surface area contributed by atoms with Crippen LogP contribution in [0.2, 0.25) is 0 Å². The molecule has 3 rings (SSSR count). The van der Waals surface area contributed by atoms with E-state index in [-0.39, 0.29) is 18.0 Å². The number of benzene rings is 1. The Morgan fingerprint density at radius 2 is 2.24 bits per heavy atom. The molecular weight excluding hydrogens is 274 g/mol. The van der Waals surface area contributed by atoms with Crippen LogP contribution >= 0.6 is 0 Å². The molecule has 1 saturated heterocycles. The van der Waals surface area contributed by atoms with Gasteiger partial charge >= 0.3 is 6.01 Å². The van der Waals surface area contributed by atoms with Crippen molar-refractivity contribution in [1.29, 1.82) is 0 Å². The molecule has 1 N–H and O–H groups in total. The van der Waals surface area contributed by atoms with Gasteiger partial charge in [0.1, 0.15) is 11.9 Å². The fourth-order valence-electron chi connectivity index (χ4n) is 2.18. The van der Waals surface area contributed by atoms with E-state index in [1.165, 1.54) is 7.11 Å². The molecule has 110 valence electrons. The van der Waals surface area contributed by atoms with E-state index in [4.69, 9.17) is 13.9 Å². The molecule has 1 aliphatic heterocycles. The molecule has 2 heterocycles. The van der Waals surface area contributed by atoms with E-state index in [9.17, 15) is 4.79 Å². The van der Waals surface area contributed by atoms with Gasteiger partial charge in [-0.1, -0.05) is 17.2 Å². The van der Waals surface area contributed by atoms with Gasteiger partial charge < -0.3 is 13.9 Å². The van der Waals surface area contributed by atoms with Crippen LogP contribution in [-0.2, 0) is 4.74 Å². The number of rotatable bonds is 4. The molecule has 0 radical (unpaired) electrons. The normalized spacial score (nSPS) is 17.7. The minimum absolute atomic E-state index is 0.0522. The van der Waals surface area contributed by atoms with Gasteiger partial charge in [-0.3, -0.25) is 10.1 Å². The molecule has 1 aliphatic rings. The number of hydrogen-bond donors (Lipinski definition) is 1. The van der Waals surface area contributed by atoms with Crippen molar-refractivity contribution in [2.45, 2.75) is 18.9 Å². The molecule has 0 bridgehead atoms. The zero-order chi connectivity index (χ0) is 14.7. The first-order valence-corrected chi connectivity index (χ1v) is 6.67. The Hall–Kier alpha value is -2.41. The van der Waals surface area contributed by atoms with Gasteiger partial charge in [0.15, 0.2) is 0 Å². The van der Waals surface area contributed by atoms with Crippen LogP contribution < -0.4 is 10.1 Å². The molecule has 0 saturated carbocycles. The van der Waals surface area contributed by atoms with Gasteiger partial charge in [0.2, 0.25) is 5.89 Å². The van der Waals surface area contributed by atoms with Crippen LogP contribution in [0, 0.1) is 0 Å². The first-order chi connectivity index (χ1) is 10.3. The minimum Gasteiger partial charge on any atom is -0.496 e. The van der Waals surface area contributed by atoms with Crippen molar-refractivity contribution in [2.75, 3.05) is 19.0 Å². The average molecular weight is 289 g/mol. The molecule has 0 aliphatic carbocycles. The van der Waals surface area contributed by atoms with E-state index in [2.05, 4.69) is 15.5 Å². The molecule has 1 atom stereocenters. The van der Waals surface area contributed by atoms with E-state index in [0.29, 0.717) is 23.8 Å². The van der Waals surface area contributed by atoms with Gasteiger partial charge in [0.25, 0.3) is 5.91 Å². The molecule has 21 heavy (non-hydrogen) atoms. The Kier molecular flexibility index (Phi) is 3.83. The number of anilines is 1. The number of para-hydroxylation sites is 1. The van der Waals surface area contributed by atoms with E-state index in [0.717, 1.165) is 12.8 Å². The fraction of sp³-hybridized carbons (Fsp3) is 0.357. The number of nitrogens with one attached hydrogen (secondary N) is 1. The third-order valence-electron chi connectivity index (χ3n) is 3.22. The van der Waals surface area contributed by atoms with E-state index >= 15 is 0 Å². The molecule has 7 heteroatoms. The third-order valence-corrected chi connectivity index (χ3v) is 3.22.